The molecule has 0 unspecified atom stereocenters. The summed E-state index contributed by atoms with van der Waals surface area (Å²) >= 11 is 0. The molecule has 1 atom stereocenters. The summed E-state index contributed by atoms with van der Waals surface area (Å²) in [5, 5.41) is 0. The fourth-order valence-corrected chi connectivity index (χ4v) is 2.53. The number of likely N-dealkylation sites (N-methyl/N-ethyl adjacent to an activating group) is 1. The van der Waals surface area contributed by atoms with Gasteiger partial charge in [0.1, 0.15) is 5.82 Å². The number of aryl methyl sites for hydroxylation is 1. The summed E-state index contributed by atoms with van der Waals surface area (Å²) in [5.74, 6) is 1.80. The van der Waals surface area contributed by atoms with Crippen LogP contribution in [-0.4, -0.2) is 61.0 Å². The van der Waals surface area contributed by atoms with Crippen LogP contribution in [-0.2, 0) is 4.79 Å². The Morgan fingerprint density at radius 3 is 2.70 bits per heavy atom. The molecule has 0 aromatic carbocycles. The molecule has 6 heteroatoms. The van der Waals surface area contributed by atoms with Gasteiger partial charge < -0.3 is 14.7 Å². The summed E-state index contributed by atoms with van der Waals surface area (Å²) in [7, 11) is 5.82. The highest BCUT2D eigenvalue weighted by Crippen LogP contribution is 2.22. The third-order valence-corrected chi connectivity index (χ3v) is 3.85. The molecule has 0 bridgehead atoms. The molecule has 1 fully saturated rings. The van der Waals surface area contributed by atoms with Crippen LogP contribution >= 0.6 is 0 Å². The highest BCUT2D eigenvalue weighted by molar-refractivity contribution is 5.73. The summed E-state index contributed by atoms with van der Waals surface area (Å²) in [6.07, 6.45) is 2.82. The number of hydrogen-bond donors (Lipinski definition) is 0. The van der Waals surface area contributed by atoms with E-state index < -0.39 is 0 Å². The van der Waals surface area contributed by atoms with Gasteiger partial charge in [-0.3, -0.25) is 4.79 Å². The lowest BCUT2D eigenvalue weighted by molar-refractivity contribution is -0.129. The van der Waals surface area contributed by atoms with E-state index in [1.54, 1.807) is 11.8 Å². The molecule has 20 heavy (non-hydrogen) atoms. The van der Waals surface area contributed by atoms with Crippen molar-refractivity contribution in [3.63, 3.8) is 0 Å². The Kier molecular flexibility index (Phi) is 4.11. The lowest BCUT2D eigenvalue weighted by Gasteiger charge is -2.24. The Morgan fingerprint density at radius 1 is 1.40 bits per heavy atom. The van der Waals surface area contributed by atoms with Gasteiger partial charge in [-0.05, 0) is 13.3 Å². The van der Waals surface area contributed by atoms with Crippen LogP contribution in [0, 0.1) is 6.92 Å². The molecule has 1 amide bonds. The average molecular weight is 277 g/mol. The predicted octanol–water partition coefficient (Wildman–Crippen LogP) is 0.908. The Balaban J connectivity index is 2.14. The first-order valence-electron chi connectivity index (χ1n) is 6.89. The van der Waals surface area contributed by atoms with Crippen LogP contribution in [0.1, 0.15) is 18.9 Å². The minimum absolute atomic E-state index is 0.107. The van der Waals surface area contributed by atoms with Crippen molar-refractivity contribution in [2.75, 3.05) is 44.0 Å². The molecule has 1 saturated heterocycles. The number of carbonyl (C=O) groups is 1. The zero-order chi connectivity index (χ0) is 14.9. The van der Waals surface area contributed by atoms with Gasteiger partial charge in [-0.15, -0.1) is 0 Å². The standard InChI is InChI=1S/C14H23N5O/c1-10-8-15-14(16-13(10)17(3)4)19-7-6-12(9-19)18(5)11(2)20/h8,12H,6-7,9H2,1-5H3/t12-/m0/s1. The molecule has 2 rings (SSSR count). The summed E-state index contributed by atoms with van der Waals surface area (Å²) < 4.78 is 0. The lowest BCUT2D eigenvalue weighted by Crippen LogP contribution is -2.37. The summed E-state index contributed by atoms with van der Waals surface area (Å²) in [6, 6.07) is 0.250. The molecule has 1 aliphatic heterocycles. The van der Waals surface area contributed by atoms with E-state index in [-0.39, 0.29) is 11.9 Å². The van der Waals surface area contributed by atoms with Gasteiger partial charge in [-0.25, -0.2) is 4.98 Å². The van der Waals surface area contributed by atoms with Crippen LogP contribution in [0.4, 0.5) is 11.8 Å². The van der Waals surface area contributed by atoms with E-state index in [2.05, 4.69) is 14.9 Å². The van der Waals surface area contributed by atoms with Crippen LogP contribution in [0.5, 0.6) is 0 Å². The number of amides is 1. The van der Waals surface area contributed by atoms with Crippen molar-refractivity contribution in [2.45, 2.75) is 26.3 Å². The third-order valence-electron chi connectivity index (χ3n) is 3.85. The van der Waals surface area contributed by atoms with Gasteiger partial charge in [0.15, 0.2) is 0 Å². The van der Waals surface area contributed by atoms with Gasteiger partial charge in [0.25, 0.3) is 0 Å². The Hall–Kier alpha value is -1.85. The highest BCUT2D eigenvalue weighted by atomic mass is 16.2. The van der Waals surface area contributed by atoms with E-state index in [1.807, 2.05) is 39.2 Å². The normalized spacial score (nSPS) is 18.2. The second-order valence-corrected chi connectivity index (χ2v) is 5.59. The maximum absolute atomic E-state index is 11.4. The van der Waals surface area contributed by atoms with Crippen LogP contribution in [0.3, 0.4) is 0 Å². The van der Waals surface area contributed by atoms with Crippen LogP contribution in [0.25, 0.3) is 0 Å². The Morgan fingerprint density at radius 2 is 2.10 bits per heavy atom. The van der Waals surface area contributed by atoms with Crippen molar-refractivity contribution in [1.29, 1.82) is 0 Å². The van der Waals surface area contributed by atoms with Crippen LogP contribution < -0.4 is 9.80 Å². The molecule has 0 spiro atoms. The first-order valence-corrected chi connectivity index (χ1v) is 6.89. The molecule has 6 nitrogen and oxygen atoms in total. The molecule has 1 aromatic rings. The zero-order valence-corrected chi connectivity index (χ0v) is 12.9. The Labute approximate surface area is 120 Å². The van der Waals surface area contributed by atoms with E-state index in [1.165, 1.54) is 0 Å². The number of nitrogens with zero attached hydrogens (tertiary/aromatic N) is 5. The molecule has 110 valence electrons. The number of rotatable bonds is 3. The second-order valence-electron chi connectivity index (χ2n) is 5.59. The van der Waals surface area contributed by atoms with Crippen molar-refractivity contribution in [1.82, 2.24) is 14.9 Å². The maximum Gasteiger partial charge on any atom is 0.227 e. The maximum atomic E-state index is 11.4. The summed E-state index contributed by atoms with van der Waals surface area (Å²) in [4.78, 5) is 26.4. The minimum atomic E-state index is 0.107. The van der Waals surface area contributed by atoms with E-state index in [9.17, 15) is 4.79 Å². The first-order chi connectivity index (χ1) is 9.40. The van der Waals surface area contributed by atoms with E-state index >= 15 is 0 Å². The van der Waals surface area contributed by atoms with Gasteiger partial charge in [0, 0.05) is 52.9 Å². The van der Waals surface area contributed by atoms with Gasteiger partial charge in [-0.1, -0.05) is 0 Å². The number of carbonyl (C=O) groups excluding carboxylic acids is 1. The summed E-state index contributed by atoms with van der Waals surface area (Å²) in [6.45, 7) is 5.30. The number of anilines is 2. The molecular formula is C14H23N5O. The monoisotopic (exact) mass is 277 g/mol. The SMILES string of the molecule is CC(=O)N(C)[C@H]1CCN(c2ncc(C)c(N(C)C)n2)C1. The van der Waals surface area contributed by atoms with Crippen LogP contribution in [0.15, 0.2) is 6.20 Å². The van der Waals surface area contributed by atoms with Crippen molar-refractivity contribution >= 4 is 17.7 Å². The minimum Gasteiger partial charge on any atom is -0.362 e. The summed E-state index contributed by atoms with van der Waals surface area (Å²) in [5.41, 5.74) is 1.07. The van der Waals surface area contributed by atoms with Gasteiger partial charge in [0.2, 0.25) is 11.9 Å². The topological polar surface area (TPSA) is 52.6 Å². The lowest BCUT2D eigenvalue weighted by atomic mass is 10.2. The van der Waals surface area contributed by atoms with E-state index in [4.69, 9.17) is 0 Å². The van der Waals surface area contributed by atoms with Crippen molar-refractivity contribution in [3.8, 4) is 0 Å². The van der Waals surface area contributed by atoms with Crippen LogP contribution in [0.2, 0.25) is 0 Å². The largest absolute Gasteiger partial charge is 0.362 e. The number of hydrogen-bond acceptors (Lipinski definition) is 5. The average Bonchev–Trinajstić information content (AvgIpc) is 2.87. The van der Waals surface area contributed by atoms with Crippen molar-refractivity contribution in [2.24, 2.45) is 0 Å². The molecule has 2 heterocycles. The van der Waals surface area contributed by atoms with Gasteiger partial charge in [0.05, 0.1) is 6.04 Å². The molecule has 0 aliphatic carbocycles. The van der Waals surface area contributed by atoms with E-state index in [0.29, 0.717) is 0 Å². The van der Waals surface area contributed by atoms with E-state index in [0.717, 1.165) is 36.8 Å². The molecule has 1 aromatic heterocycles. The molecule has 1 aliphatic rings. The Bertz CT molecular complexity index is 502. The molecular weight excluding hydrogens is 254 g/mol. The van der Waals surface area contributed by atoms with Gasteiger partial charge >= 0.3 is 0 Å². The predicted molar refractivity (Wildman–Crippen MR) is 80.2 cm³/mol. The van der Waals surface area contributed by atoms with Crippen molar-refractivity contribution in [3.05, 3.63) is 11.8 Å². The molecule has 0 N–H and O–H groups in total. The van der Waals surface area contributed by atoms with Gasteiger partial charge in [-0.2, -0.15) is 4.98 Å². The fourth-order valence-electron chi connectivity index (χ4n) is 2.53. The first kappa shape index (κ1) is 14.6. The third kappa shape index (κ3) is 2.84. The quantitative estimate of drug-likeness (QED) is 0.822. The highest BCUT2D eigenvalue weighted by Gasteiger charge is 2.28. The zero-order valence-electron chi connectivity index (χ0n) is 12.9. The second kappa shape index (κ2) is 5.64. The molecule has 0 saturated carbocycles. The smallest absolute Gasteiger partial charge is 0.227 e. The number of aromatic nitrogens is 2. The fraction of sp³-hybridized carbons (Fsp3) is 0.643. The molecule has 0 radical (unpaired) electrons. The van der Waals surface area contributed by atoms with Crippen molar-refractivity contribution < 1.29 is 4.79 Å².